The summed E-state index contributed by atoms with van der Waals surface area (Å²) >= 11 is 0. The van der Waals surface area contributed by atoms with Gasteiger partial charge in [-0.2, -0.15) is 0 Å². The topological polar surface area (TPSA) is 122 Å². The summed E-state index contributed by atoms with van der Waals surface area (Å²) in [5.41, 5.74) is 2.00. The van der Waals surface area contributed by atoms with Crippen LogP contribution >= 0.6 is 0 Å². The number of ether oxygens (including phenoxy) is 1. The minimum absolute atomic E-state index is 0.00126. The molecule has 1 aromatic carbocycles. The van der Waals surface area contributed by atoms with Gasteiger partial charge in [-0.1, -0.05) is 58.0 Å². The third kappa shape index (κ3) is 5.12. The smallest absolute Gasteiger partial charge is 0.407 e. The van der Waals surface area contributed by atoms with E-state index in [1.165, 1.54) is 11.2 Å². The highest BCUT2D eigenvalue weighted by molar-refractivity contribution is 5.97. The van der Waals surface area contributed by atoms with Crippen LogP contribution in [0.3, 0.4) is 0 Å². The van der Waals surface area contributed by atoms with Crippen LogP contribution in [0.5, 0.6) is 0 Å². The first-order valence-electron chi connectivity index (χ1n) is 12.0. The van der Waals surface area contributed by atoms with Crippen molar-refractivity contribution in [2.75, 3.05) is 11.9 Å². The van der Waals surface area contributed by atoms with Crippen LogP contribution in [0.1, 0.15) is 45.9 Å². The van der Waals surface area contributed by atoms with E-state index in [2.05, 4.69) is 27.2 Å². The lowest BCUT2D eigenvalue weighted by molar-refractivity contribution is -0.118. The van der Waals surface area contributed by atoms with Crippen molar-refractivity contribution in [3.8, 4) is 0 Å². The maximum absolute atomic E-state index is 12.2. The number of rotatable bonds is 8. The zero-order valence-corrected chi connectivity index (χ0v) is 20.5. The summed E-state index contributed by atoms with van der Waals surface area (Å²) in [5.74, 6) is 0.00668. The fraction of sp³-hybridized carbons (Fsp3) is 0.480. The Balaban J connectivity index is 1.58. The molecule has 1 aliphatic heterocycles. The molecule has 3 heterocycles. The number of imidazole rings is 1. The number of carboxylic acid groups (broad SMARTS) is 1. The van der Waals surface area contributed by atoms with Gasteiger partial charge in [0.2, 0.25) is 5.91 Å². The molecule has 2 aromatic heterocycles. The molecular formula is C25H32N6O4. The molecule has 10 heteroatoms. The summed E-state index contributed by atoms with van der Waals surface area (Å²) < 4.78 is 8.29. The Labute approximate surface area is 204 Å². The predicted molar refractivity (Wildman–Crippen MR) is 131 cm³/mol. The predicted octanol–water partition coefficient (Wildman–Crippen LogP) is 4.16. The lowest BCUT2D eigenvalue weighted by atomic mass is 9.89. The summed E-state index contributed by atoms with van der Waals surface area (Å²) in [6.45, 7) is 8.41. The molecule has 4 atom stereocenters. The Morgan fingerprint density at radius 2 is 1.94 bits per heavy atom. The van der Waals surface area contributed by atoms with Crippen molar-refractivity contribution in [1.29, 1.82) is 0 Å². The fourth-order valence-corrected chi connectivity index (χ4v) is 4.61. The molecule has 1 saturated heterocycles. The van der Waals surface area contributed by atoms with E-state index in [0.29, 0.717) is 30.1 Å². The second kappa shape index (κ2) is 10.4. The van der Waals surface area contributed by atoms with Gasteiger partial charge in [0, 0.05) is 30.8 Å². The number of hydrogen-bond acceptors (Lipinski definition) is 6. The van der Waals surface area contributed by atoms with Gasteiger partial charge in [0.05, 0.1) is 12.4 Å². The molecule has 2 N–H and O–H groups in total. The van der Waals surface area contributed by atoms with E-state index in [0.717, 1.165) is 12.0 Å². The Morgan fingerprint density at radius 3 is 2.60 bits per heavy atom. The minimum Gasteiger partial charge on any atom is -0.465 e. The first-order valence-corrected chi connectivity index (χ1v) is 12.0. The van der Waals surface area contributed by atoms with Gasteiger partial charge in [0.15, 0.2) is 17.0 Å². The number of amides is 2. The monoisotopic (exact) mass is 480 g/mol. The Morgan fingerprint density at radius 1 is 1.20 bits per heavy atom. The molecule has 1 fully saturated rings. The van der Waals surface area contributed by atoms with Crippen molar-refractivity contribution >= 4 is 29.0 Å². The number of aromatic nitrogens is 4. The standard InChI is InChI=1S/C25H32N6O4/c1-5-19-18(12-30(25(33)34)11-17-9-7-6-8-10-17)16(4)24(35-19)31-14-28-20-21(26-13-27-22(20)31)29-23(32)15(2)3/h6-10,13-16,18-19,24H,5,11-12H2,1-4H3,(H,33,34)(H,26,27,29,32)/t16-,18+,19-,24-/m1/s1. The number of anilines is 1. The Hall–Kier alpha value is -3.53. The molecule has 0 bridgehead atoms. The molecule has 10 nitrogen and oxygen atoms in total. The number of benzene rings is 1. The van der Waals surface area contributed by atoms with E-state index in [1.807, 2.05) is 55.7 Å². The molecule has 0 spiro atoms. The molecular weight excluding hydrogens is 448 g/mol. The molecule has 0 unspecified atom stereocenters. The lowest BCUT2D eigenvalue weighted by Crippen LogP contribution is -2.38. The van der Waals surface area contributed by atoms with E-state index in [-0.39, 0.29) is 36.0 Å². The van der Waals surface area contributed by atoms with E-state index in [9.17, 15) is 14.7 Å². The van der Waals surface area contributed by atoms with Crippen LogP contribution in [0.15, 0.2) is 43.0 Å². The van der Waals surface area contributed by atoms with Crippen molar-refractivity contribution in [2.45, 2.75) is 53.0 Å². The first-order chi connectivity index (χ1) is 16.8. The number of nitrogens with one attached hydrogen (secondary N) is 1. The number of nitrogens with zero attached hydrogens (tertiary/aromatic N) is 5. The molecule has 0 saturated carbocycles. The van der Waals surface area contributed by atoms with Crippen LogP contribution in [0.25, 0.3) is 11.2 Å². The van der Waals surface area contributed by atoms with Gasteiger partial charge in [-0.25, -0.2) is 19.7 Å². The quantitative estimate of drug-likeness (QED) is 0.496. The molecule has 1 aliphatic rings. The van der Waals surface area contributed by atoms with Gasteiger partial charge in [0.25, 0.3) is 0 Å². The van der Waals surface area contributed by atoms with Crippen LogP contribution in [0, 0.1) is 17.8 Å². The molecule has 3 aromatic rings. The molecule has 4 rings (SSSR count). The third-order valence-electron chi connectivity index (χ3n) is 6.64. The van der Waals surface area contributed by atoms with Crippen molar-refractivity contribution < 1.29 is 19.4 Å². The van der Waals surface area contributed by atoms with Gasteiger partial charge in [-0.05, 0) is 12.0 Å². The van der Waals surface area contributed by atoms with Crippen LogP contribution in [0.2, 0.25) is 0 Å². The van der Waals surface area contributed by atoms with Gasteiger partial charge in [0.1, 0.15) is 12.6 Å². The maximum Gasteiger partial charge on any atom is 0.407 e. The normalized spacial score (nSPS) is 22.0. The van der Waals surface area contributed by atoms with E-state index >= 15 is 0 Å². The summed E-state index contributed by atoms with van der Waals surface area (Å²) in [6.07, 6.45) is 2.36. The van der Waals surface area contributed by atoms with Crippen molar-refractivity contribution in [2.24, 2.45) is 17.8 Å². The largest absolute Gasteiger partial charge is 0.465 e. The fourth-order valence-electron chi connectivity index (χ4n) is 4.61. The van der Waals surface area contributed by atoms with Gasteiger partial charge in [-0.15, -0.1) is 0 Å². The second-order valence-corrected chi connectivity index (χ2v) is 9.34. The van der Waals surface area contributed by atoms with E-state index in [4.69, 9.17) is 4.74 Å². The van der Waals surface area contributed by atoms with Crippen LogP contribution in [-0.2, 0) is 16.1 Å². The van der Waals surface area contributed by atoms with Crippen molar-refractivity contribution in [3.63, 3.8) is 0 Å². The Bertz CT molecular complexity index is 1180. The lowest BCUT2D eigenvalue weighted by Gasteiger charge is -2.27. The average Bonchev–Trinajstić information content (AvgIpc) is 3.40. The van der Waals surface area contributed by atoms with Crippen LogP contribution in [0.4, 0.5) is 10.6 Å². The molecule has 186 valence electrons. The highest BCUT2D eigenvalue weighted by atomic mass is 16.5. The van der Waals surface area contributed by atoms with Crippen molar-refractivity contribution in [3.05, 3.63) is 48.5 Å². The highest BCUT2D eigenvalue weighted by Crippen LogP contribution is 2.42. The van der Waals surface area contributed by atoms with Gasteiger partial charge in [-0.3, -0.25) is 9.36 Å². The summed E-state index contributed by atoms with van der Waals surface area (Å²) in [4.78, 5) is 38.8. The maximum atomic E-state index is 12.2. The highest BCUT2D eigenvalue weighted by Gasteiger charge is 2.43. The second-order valence-electron chi connectivity index (χ2n) is 9.34. The summed E-state index contributed by atoms with van der Waals surface area (Å²) in [6, 6.07) is 9.59. The molecule has 35 heavy (non-hydrogen) atoms. The average molecular weight is 481 g/mol. The van der Waals surface area contributed by atoms with E-state index < -0.39 is 6.09 Å². The Kier molecular flexibility index (Phi) is 7.30. The SMILES string of the molecule is CC[C@H]1O[C@@H](n2cnc3c(NC(=O)C(C)C)ncnc32)[C@H](C)[C@@H]1CN(Cc1ccccc1)C(=O)O. The van der Waals surface area contributed by atoms with Crippen molar-refractivity contribution in [1.82, 2.24) is 24.4 Å². The summed E-state index contributed by atoms with van der Waals surface area (Å²) in [7, 11) is 0. The van der Waals surface area contributed by atoms with Gasteiger partial charge >= 0.3 is 6.09 Å². The first kappa shape index (κ1) is 24.6. The number of hydrogen-bond donors (Lipinski definition) is 2. The summed E-state index contributed by atoms with van der Waals surface area (Å²) in [5, 5.41) is 12.7. The zero-order valence-electron chi connectivity index (χ0n) is 20.5. The third-order valence-corrected chi connectivity index (χ3v) is 6.64. The molecule has 0 radical (unpaired) electrons. The van der Waals surface area contributed by atoms with E-state index in [1.54, 1.807) is 6.33 Å². The number of fused-ring (bicyclic) bond motifs is 1. The zero-order chi connectivity index (χ0) is 25.1. The van der Waals surface area contributed by atoms with Crippen LogP contribution in [-0.4, -0.2) is 54.2 Å². The number of carbonyl (C=O) groups excluding carboxylic acids is 1. The number of carbonyl (C=O) groups is 2. The van der Waals surface area contributed by atoms with Crippen LogP contribution < -0.4 is 5.32 Å². The molecule has 0 aliphatic carbocycles. The minimum atomic E-state index is -0.953. The van der Waals surface area contributed by atoms with Gasteiger partial charge < -0.3 is 20.1 Å². The molecule has 2 amide bonds.